The zero-order valence-corrected chi connectivity index (χ0v) is 8.63. The average Bonchev–Trinajstić information content (AvgIpc) is 2.21. The van der Waals surface area contributed by atoms with Gasteiger partial charge in [-0.3, -0.25) is 0 Å². The summed E-state index contributed by atoms with van der Waals surface area (Å²) in [6.45, 7) is 0. The average molecular weight is 249 g/mol. The molecule has 7 heteroatoms. The van der Waals surface area contributed by atoms with Gasteiger partial charge in [0.2, 0.25) is 0 Å². The molecule has 0 heterocycles. The molecule has 0 aliphatic rings. The lowest BCUT2D eigenvalue weighted by atomic mass is 10.2. The van der Waals surface area contributed by atoms with Crippen LogP contribution < -0.4 is 5.73 Å². The lowest BCUT2D eigenvalue weighted by Crippen LogP contribution is -2.12. The highest BCUT2D eigenvalue weighted by Crippen LogP contribution is 2.22. The van der Waals surface area contributed by atoms with Crippen molar-refractivity contribution in [2.45, 2.75) is 0 Å². The Morgan fingerprint density at radius 1 is 1.44 bits per heavy atom. The van der Waals surface area contributed by atoms with Crippen molar-refractivity contribution in [3.8, 4) is 0 Å². The maximum Gasteiger partial charge on any atom is 0.338 e. The molecule has 1 aromatic carbocycles. The molecular formula is C9H7ClF2N2O2. The lowest BCUT2D eigenvalue weighted by molar-refractivity contribution is 0.0692. The number of amidine groups is 1. The van der Waals surface area contributed by atoms with Crippen LogP contribution in [0.25, 0.3) is 0 Å². The van der Waals surface area contributed by atoms with E-state index in [2.05, 4.69) is 4.99 Å². The predicted molar refractivity (Wildman–Crippen MR) is 55.3 cm³/mol. The number of aliphatic imine (C=N–C) groups is 1. The van der Waals surface area contributed by atoms with Crippen LogP contribution in [-0.4, -0.2) is 22.8 Å². The van der Waals surface area contributed by atoms with E-state index in [1.807, 2.05) is 0 Å². The number of carbonyl (C=O) groups is 1. The van der Waals surface area contributed by atoms with Crippen molar-refractivity contribution in [2.24, 2.45) is 10.7 Å². The fourth-order valence-electron chi connectivity index (χ4n) is 0.972. The molecule has 0 amide bonds. The van der Waals surface area contributed by atoms with E-state index in [1.165, 1.54) is 0 Å². The van der Waals surface area contributed by atoms with E-state index >= 15 is 0 Å². The van der Waals surface area contributed by atoms with E-state index in [0.29, 0.717) is 6.07 Å². The molecule has 1 aromatic rings. The van der Waals surface area contributed by atoms with Crippen molar-refractivity contribution in [3.63, 3.8) is 0 Å². The van der Waals surface area contributed by atoms with Gasteiger partial charge in [-0.15, -0.1) is 11.6 Å². The normalized spacial score (nSPS) is 11.6. The van der Waals surface area contributed by atoms with Gasteiger partial charge in [-0.2, -0.15) is 0 Å². The Bertz CT molecular complexity index is 463. The molecule has 4 nitrogen and oxygen atoms in total. The minimum absolute atomic E-state index is 0.0940. The number of carboxylic acids is 1. The van der Waals surface area contributed by atoms with E-state index in [0.717, 1.165) is 6.07 Å². The predicted octanol–water partition coefficient (Wildman–Crippen LogP) is 1.89. The SMILES string of the molecule is NC(CCl)=Nc1cc(C(=O)O)c(F)cc1F. The fraction of sp³-hybridized carbons (Fsp3) is 0.111. The Kier molecular flexibility index (Phi) is 3.78. The Labute approximate surface area is 94.4 Å². The molecule has 0 fully saturated rings. The van der Waals surface area contributed by atoms with Crippen LogP contribution in [0.4, 0.5) is 14.5 Å². The molecule has 0 spiro atoms. The first-order valence-electron chi connectivity index (χ1n) is 4.07. The number of alkyl halides is 1. The van der Waals surface area contributed by atoms with Crippen LogP contribution in [0.2, 0.25) is 0 Å². The van der Waals surface area contributed by atoms with Crippen molar-refractivity contribution in [1.82, 2.24) is 0 Å². The summed E-state index contributed by atoms with van der Waals surface area (Å²) in [5.41, 5.74) is 4.21. The summed E-state index contributed by atoms with van der Waals surface area (Å²) in [4.78, 5) is 14.1. The van der Waals surface area contributed by atoms with Crippen LogP contribution in [0.15, 0.2) is 17.1 Å². The molecule has 3 N–H and O–H groups in total. The number of nitrogens with zero attached hydrogens (tertiary/aromatic N) is 1. The van der Waals surface area contributed by atoms with Gasteiger partial charge in [0.1, 0.15) is 17.3 Å². The third-order valence-corrected chi connectivity index (χ3v) is 1.94. The van der Waals surface area contributed by atoms with Crippen molar-refractivity contribution in [2.75, 3.05) is 5.88 Å². The van der Waals surface area contributed by atoms with Crippen molar-refractivity contribution in [1.29, 1.82) is 0 Å². The van der Waals surface area contributed by atoms with E-state index in [9.17, 15) is 13.6 Å². The number of hydrogen-bond donors (Lipinski definition) is 2. The molecular weight excluding hydrogens is 242 g/mol. The van der Waals surface area contributed by atoms with Crippen LogP contribution in [-0.2, 0) is 0 Å². The maximum atomic E-state index is 13.2. The number of benzene rings is 1. The van der Waals surface area contributed by atoms with Crippen LogP contribution >= 0.6 is 11.6 Å². The van der Waals surface area contributed by atoms with E-state index < -0.39 is 23.2 Å². The first kappa shape index (κ1) is 12.4. The molecule has 0 saturated heterocycles. The molecule has 1 rings (SSSR count). The van der Waals surface area contributed by atoms with Gasteiger partial charge in [0.05, 0.1) is 11.4 Å². The topological polar surface area (TPSA) is 75.7 Å². The third-order valence-electron chi connectivity index (χ3n) is 1.67. The molecule has 0 aromatic heterocycles. The van der Waals surface area contributed by atoms with Crippen molar-refractivity contribution >= 4 is 29.1 Å². The first-order valence-corrected chi connectivity index (χ1v) is 4.60. The summed E-state index contributed by atoms with van der Waals surface area (Å²) in [6.07, 6.45) is 0. The molecule has 0 aliphatic heterocycles. The van der Waals surface area contributed by atoms with Gasteiger partial charge in [-0.25, -0.2) is 18.6 Å². The summed E-state index contributed by atoms with van der Waals surface area (Å²) in [5, 5.41) is 8.60. The molecule has 0 aliphatic carbocycles. The number of halogens is 3. The summed E-state index contributed by atoms with van der Waals surface area (Å²) < 4.78 is 26.1. The molecule has 0 atom stereocenters. The Balaban J connectivity index is 3.30. The lowest BCUT2D eigenvalue weighted by Gasteiger charge is -2.02. The summed E-state index contributed by atoms with van der Waals surface area (Å²) >= 11 is 5.32. The van der Waals surface area contributed by atoms with Gasteiger partial charge >= 0.3 is 5.97 Å². The largest absolute Gasteiger partial charge is 0.478 e. The first-order chi connectivity index (χ1) is 7.45. The van der Waals surface area contributed by atoms with Gasteiger partial charge < -0.3 is 10.8 Å². The summed E-state index contributed by atoms with van der Waals surface area (Å²) in [7, 11) is 0. The van der Waals surface area contributed by atoms with Crippen LogP contribution in [0.3, 0.4) is 0 Å². The molecule has 16 heavy (non-hydrogen) atoms. The van der Waals surface area contributed by atoms with Gasteiger partial charge in [-0.1, -0.05) is 0 Å². The standard InChI is InChI=1S/C9H7ClF2N2O2/c10-3-8(13)14-7-1-4(9(15)16)5(11)2-6(7)12/h1-2H,3H2,(H2,13,14)(H,15,16). The number of nitrogens with two attached hydrogens (primary N) is 1. The highest BCUT2D eigenvalue weighted by molar-refractivity contribution is 6.28. The van der Waals surface area contributed by atoms with E-state index in [-0.39, 0.29) is 17.4 Å². The smallest absolute Gasteiger partial charge is 0.338 e. The van der Waals surface area contributed by atoms with Gasteiger partial charge in [0.15, 0.2) is 5.82 Å². The number of carboxylic acid groups (broad SMARTS) is 1. The summed E-state index contributed by atoms with van der Waals surface area (Å²) in [6, 6.07) is 1.19. The highest BCUT2D eigenvalue weighted by Gasteiger charge is 2.14. The van der Waals surface area contributed by atoms with Crippen molar-refractivity contribution in [3.05, 3.63) is 29.3 Å². The van der Waals surface area contributed by atoms with Crippen molar-refractivity contribution < 1.29 is 18.7 Å². The Morgan fingerprint density at radius 2 is 2.06 bits per heavy atom. The van der Waals surface area contributed by atoms with E-state index in [4.69, 9.17) is 22.4 Å². The maximum absolute atomic E-state index is 13.2. The monoisotopic (exact) mass is 248 g/mol. The number of aromatic carboxylic acids is 1. The zero-order valence-electron chi connectivity index (χ0n) is 7.88. The zero-order chi connectivity index (χ0) is 12.3. The van der Waals surface area contributed by atoms with Gasteiger partial charge in [0, 0.05) is 6.07 Å². The Morgan fingerprint density at radius 3 is 2.56 bits per heavy atom. The quantitative estimate of drug-likeness (QED) is 0.487. The van der Waals surface area contributed by atoms with Gasteiger partial charge in [-0.05, 0) is 6.07 Å². The molecule has 0 saturated carbocycles. The summed E-state index contributed by atoms with van der Waals surface area (Å²) in [5.74, 6) is -3.93. The molecule has 86 valence electrons. The molecule has 0 unspecified atom stereocenters. The van der Waals surface area contributed by atoms with Crippen LogP contribution in [0.5, 0.6) is 0 Å². The second-order valence-corrected chi connectivity index (χ2v) is 3.09. The van der Waals surface area contributed by atoms with E-state index in [1.54, 1.807) is 0 Å². The van der Waals surface area contributed by atoms with Crippen LogP contribution in [0, 0.1) is 11.6 Å². The highest BCUT2D eigenvalue weighted by atomic mass is 35.5. The molecule has 0 bridgehead atoms. The minimum Gasteiger partial charge on any atom is -0.478 e. The number of rotatable bonds is 3. The Hall–Kier alpha value is -1.69. The minimum atomic E-state index is -1.52. The second kappa shape index (κ2) is 4.89. The van der Waals surface area contributed by atoms with Gasteiger partial charge in [0.25, 0.3) is 0 Å². The molecule has 0 radical (unpaired) electrons. The fourth-order valence-corrected chi connectivity index (χ4v) is 1.03. The van der Waals surface area contributed by atoms with Crippen LogP contribution in [0.1, 0.15) is 10.4 Å². The second-order valence-electron chi connectivity index (χ2n) is 2.83. The number of hydrogen-bond acceptors (Lipinski definition) is 2. The third kappa shape index (κ3) is 2.66.